The van der Waals surface area contributed by atoms with Crippen LogP contribution in [0.5, 0.6) is 0 Å². The van der Waals surface area contributed by atoms with E-state index < -0.39 is 0 Å². The highest BCUT2D eigenvalue weighted by Crippen LogP contribution is 2.22. The number of furan rings is 1. The number of nitrogens with one attached hydrogen (secondary N) is 1. The minimum atomic E-state index is -0.378. The number of hydrogen-bond acceptors (Lipinski definition) is 5. The molecule has 0 saturated heterocycles. The number of fused-ring (bicyclic) bond motifs is 1. The van der Waals surface area contributed by atoms with Crippen molar-refractivity contribution in [3.05, 3.63) is 60.7 Å². The van der Waals surface area contributed by atoms with Gasteiger partial charge in [0.25, 0.3) is 5.91 Å². The summed E-state index contributed by atoms with van der Waals surface area (Å²) >= 11 is 0. The Bertz CT molecular complexity index is 924. The molecule has 0 aliphatic heterocycles. The Balaban J connectivity index is 1.68. The van der Waals surface area contributed by atoms with E-state index in [1.54, 1.807) is 28.7 Å². The molecule has 146 valence electrons. The molecule has 2 amide bonds. The standard InChI is InChI=1S/C21H23N3O4/c25-20(23-27)11-3-1-2-6-12-24(21(26)19-10-7-13-28-19)17-14-16-8-4-5-9-18(16)22-15-17/h4-5,7-10,13-15,27H,1-3,6,11-12H2,(H,23,25). The number of unbranched alkanes of at least 4 members (excludes halogenated alkanes) is 3. The van der Waals surface area contributed by atoms with Gasteiger partial charge in [-0.25, -0.2) is 5.48 Å². The Labute approximate surface area is 162 Å². The Kier molecular flexibility index (Phi) is 6.75. The van der Waals surface area contributed by atoms with Crippen LogP contribution in [-0.4, -0.2) is 28.6 Å². The van der Waals surface area contributed by atoms with E-state index in [0.29, 0.717) is 19.4 Å². The van der Waals surface area contributed by atoms with Crippen molar-refractivity contribution in [1.29, 1.82) is 0 Å². The molecule has 7 heteroatoms. The maximum Gasteiger partial charge on any atom is 0.294 e. The predicted molar refractivity (Wildman–Crippen MR) is 105 cm³/mol. The van der Waals surface area contributed by atoms with E-state index in [4.69, 9.17) is 9.62 Å². The molecular formula is C21H23N3O4. The van der Waals surface area contributed by atoms with Crippen LogP contribution in [0.15, 0.2) is 59.3 Å². The maximum absolute atomic E-state index is 12.9. The van der Waals surface area contributed by atoms with E-state index >= 15 is 0 Å². The molecule has 28 heavy (non-hydrogen) atoms. The van der Waals surface area contributed by atoms with Gasteiger partial charge in [-0.05, 0) is 37.1 Å². The molecule has 3 aromatic rings. The molecule has 0 bridgehead atoms. The summed E-state index contributed by atoms with van der Waals surface area (Å²) in [6, 6.07) is 13.1. The van der Waals surface area contributed by atoms with Gasteiger partial charge in [-0.2, -0.15) is 0 Å². The van der Waals surface area contributed by atoms with Crippen LogP contribution in [-0.2, 0) is 4.79 Å². The summed E-state index contributed by atoms with van der Waals surface area (Å²) in [7, 11) is 0. The number of amides is 2. The van der Waals surface area contributed by atoms with Crippen LogP contribution in [0.4, 0.5) is 5.69 Å². The highest BCUT2D eigenvalue weighted by Gasteiger charge is 2.20. The molecule has 3 rings (SSSR count). The zero-order valence-electron chi connectivity index (χ0n) is 15.5. The van der Waals surface area contributed by atoms with Crippen LogP contribution < -0.4 is 10.4 Å². The fourth-order valence-electron chi connectivity index (χ4n) is 3.05. The summed E-state index contributed by atoms with van der Waals surface area (Å²) in [6.07, 6.45) is 6.65. The number of pyridine rings is 1. The molecule has 7 nitrogen and oxygen atoms in total. The highest BCUT2D eigenvalue weighted by atomic mass is 16.5. The average Bonchev–Trinajstić information content (AvgIpc) is 3.27. The quantitative estimate of drug-likeness (QED) is 0.333. The predicted octanol–water partition coefficient (Wildman–Crippen LogP) is 3.93. The average molecular weight is 381 g/mol. The van der Waals surface area contributed by atoms with Gasteiger partial charge in [0, 0.05) is 18.4 Å². The second-order valence-electron chi connectivity index (χ2n) is 6.52. The number of nitrogens with zero attached hydrogens (tertiary/aromatic N) is 2. The third kappa shape index (κ3) is 4.95. The maximum atomic E-state index is 12.9. The lowest BCUT2D eigenvalue weighted by Gasteiger charge is -2.22. The lowest BCUT2D eigenvalue weighted by molar-refractivity contribution is -0.129. The van der Waals surface area contributed by atoms with E-state index in [1.807, 2.05) is 30.3 Å². The number of hydrogen-bond donors (Lipinski definition) is 2. The van der Waals surface area contributed by atoms with E-state index in [1.165, 1.54) is 6.26 Å². The fraction of sp³-hybridized carbons (Fsp3) is 0.286. The van der Waals surface area contributed by atoms with Crippen molar-refractivity contribution in [3.63, 3.8) is 0 Å². The third-order valence-electron chi connectivity index (χ3n) is 4.53. The summed E-state index contributed by atoms with van der Waals surface area (Å²) in [5, 5.41) is 9.47. The summed E-state index contributed by atoms with van der Waals surface area (Å²) in [6.45, 7) is 0.520. The van der Waals surface area contributed by atoms with Gasteiger partial charge in [0.2, 0.25) is 5.91 Å². The van der Waals surface area contributed by atoms with Crippen molar-refractivity contribution in [2.24, 2.45) is 0 Å². The summed E-state index contributed by atoms with van der Waals surface area (Å²) in [5.41, 5.74) is 3.23. The van der Waals surface area contributed by atoms with Gasteiger partial charge in [0.1, 0.15) is 0 Å². The Morgan fingerprint density at radius 2 is 1.89 bits per heavy atom. The smallest absolute Gasteiger partial charge is 0.294 e. The van der Waals surface area contributed by atoms with E-state index in [0.717, 1.165) is 35.9 Å². The van der Waals surface area contributed by atoms with Gasteiger partial charge < -0.3 is 9.32 Å². The van der Waals surface area contributed by atoms with Crippen molar-refractivity contribution >= 4 is 28.4 Å². The molecule has 0 atom stereocenters. The molecule has 0 spiro atoms. The molecule has 0 saturated carbocycles. The number of aromatic nitrogens is 1. The zero-order chi connectivity index (χ0) is 19.8. The van der Waals surface area contributed by atoms with Gasteiger partial charge in [-0.1, -0.05) is 31.0 Å². The molecule has 0 aliphatic rings. The second-order valence-corrected chi connectivity index (χ2v) is 6.52. The molecule has 1 aromatic carbocycles. The molecule has 2 N–H and O–H groups in total. The minimum absolute atomic E-state index is 0.207. The van der Waals surface area contributed by atoms with Crippen molar-refractivity contribution < 1.29 is 19.2 Å². The SMILES string of the molecule is O=C(CCCCCCN(C(=O)c1ccco1)c1cnc2ccccc2c1)NO. The molecule has 0 fully saturated rings. The van der Waals surface area contributed by atoms with Crippen molar-refractivity contribution in [2.75, 3.05) is 11.4 Å². The number of benzene rings is 1. The van der Waals surface area contributed by atoms with Crippen LogP contribution >= 0.6 is 0 Å². The van der Waals surface area contributed by atoms with Gasteiger partial charge in [-0.3, -0.25) is 19.8 Å². The second kappa shape index (κ2) is 9.66. The Morgan fingerprint density at radius 3 is 2.68 bits per heavy atom. The van der Waals surface area contributed by atoms with Gasteiger partial charge in [0.15, 0.2) is 5.76 Å². The molecule has 2 heterocycles. The first-order chi connectivity index (χ1) is 13.7. The largest absolute Gasteiger partial charge is 0.459 e. The number of hydroxylamine groups is 1. The fourth-order valence-corrected chi connectivity index (χ4v) is 3.05. The van der Waals surface area contributed by atoms with E-state index in [-0.39, 0.29) is 17.6 Å². The third-order valence-corrected chi connectivity index (χ3v) is 4.53. The number of anilines is 1. The summed E-state index contributed by atoms with van der Waals surface area (Å²) in [4.78, 5) is 30.1. The highest BCUT2D eigenvalue weighted by molar-refractivity contribution is 6.04. The summed E-state index contributed by atoms with van der Waals surface area (Å²) < 4.78 is 5.29. The van der Waals surface area contributed by atoms with Gasteiger partial charge in [-0.15, -0.1) is 0 Å². The van der Waals surface area contributed by atoms with E-state index in [9.17, 15) is 9.59 Å². The number of carbonyl (C=O) groups is 2. The lowest BCUT2D eigenvalue weighted by Crippen LogP contribution is -2.31. The first-order valence-corrected chi connectivity index (χ1v) is 9.32. The van der Waals surface area contributed by atoms with Crippen molar-refractivity contribution in [2.45, 2.75) is 32.1 Å². The first-order valence-electron chi connectivity index (χ1n) is 9.32. The lowest BCUT2D eigenvalue weighted by atomic mass is 10.1. The topological polar surface area (TPSA) is 95.7 Å². The number of para-hydroxylation sites is 1. The van der Waals surface area contributed by atoms with Crippen molar-refractivity contribution in [3.8, 4) is 0 Å². The van der Waals surface area contributed by atoms with Gasteiger partial charge >= 0.3 is 0 Å². The van der Waals surface area contributed by atoms with Crippen molar-refractivity contribution in [1.82, 2.24) is 10.5 Å². The normalized spacial score (nSPS) is 10.8. The van der Waals surface area contributed by atoms with Crippen LogP contribution in [0, 0.1) is 0 Å². The molecule has 0 unspecified atom stereocenters. The number of carbonyl (C=O) groups excluding carboxylic acids is 2. The van der Waals surface area contributed by atoms with Crippen LogP contribution in [0.3, 0.4) is 0 Å². The monoisotopic (exact) mass is 381 g/mol. The van der Waals surface area contributed by atoms with Gasteiger partial charge in [0.05, 0.1) is 23.7 Å². The minimum Gasteiger partial charge on any atom is -0.459 e. The van der Waals surface area contributed by atoms with E-state index in [2.05, 4.69) is 4.98 Å². The molecular weight excluding hydrogens is 358 g/mol. The Hall–Kier alpha value is -3.19. The zero-order valence-corrected chi connectivity index (χ0v) is 15.5. The van der Waals surface area contributed by atoms with Crippen LogP contribution in [0.2, 0.25) is 0 Å². The Morgan fingerprint density at radius 1 is 1.07 bits per heavy atom. The number of rotatable bonds is 9. The summed E-state index contributed by atoms with van der Waals surface area (Å²) in [5.74, 6) is -0.300. The molecule has 0 aliphatic carbocycles. The molecule has 2 aromatic heterocycles. The van der Waals surface area contributed by atoms with Crippen LogP contribution in [0.25, 0.3) is 10.9 Å². The van der Waals surface area contributed by atoms with Crippen LogP contribution in [0.1, 0.15) is 42.7 Å². The molecule has 0 radical (unpaired) electrons. The first kappa shape index (κ1) is 19.6.